The Hall–Kier alpha value is -1.34. The highest BCUT2D eigenvalue weighted by molar-refractivity contribution is 7.15. The van der Waals surface area contributed by atoms with E-state index in [1.807, 2.05) is 31.3 Å². The minimum atomic E-state index is 0.792. The van der Waals surface area contributed by atoms with Gasteiger partial charge in [-0.25, -0.2) is 15.4 Å². The van der Waals surface area contributed by atoms with Gasteiger partial charge in [-0.15, -0.1) is 11.3 Å². The van der Waals surface area contributed by atoms with Crippen LogP contribution in [0.5, 0.6) is 0 Å². The first-order valence-electron chi connectivity index (χ1n) is 7.26. The first-order valence-corrected chi connectivity index (χ1v) is 8.08. The Balaban J connectivity index is 1.58. The number of thiazole rings is 1. The van der Waals surface area contributed by atoms with Gasteiger partial charge in [0.05, 0.1) is 17.1 Å². The molecule has 6 heteroatoms. The van der Waals surface area contributed by atoms with Crippen molar-refractivity contribution in [3.8, 4) is 10.6 Å². The third kappa shape index (κ3) is 3.85. The quantitative estimate of drug-likeness (QED) is 0.932. The molecule has 3 heterocycles. The van der Waals surface area contributed by atoms with E-state index in [1.54, 1.807) is 11.3 Å². The van der Waals surface area contributed by atoms with Crippen LogP contribution in [0, 0.1) is 6.92 Å². The number of aryl methyl sites for hydroxylation is 1. The predicted octanol–water partition coefficient (Wildman–Crippen LogP) is 1.77. The highest BCUT2D eigenvalue weighted by Crippen LogP contribution is 2.24. The number of hydrogen-bond donors (Lipinski definition) is 1. The summed E-state index contributed by atoms with van der Waals surface area (Å²) in [6.07, 6.45) is 1.92. The second-order valence-corrected chi connectivity index (χ2v) is 6.52. The molecule has 21 heavy (non-hydrogen) atoms. The topological polar surface area (TPSA) is 44.3 Å². The molecule has 0 spiro atoms. The minimum Gasteiger partial charge on any atom is -0.304 e. The summed E-state index contributed by atoms with van der Waals surface area (Å²) in [6, 6.07) is 6.10. The van der Waals surface area contributed by atoms with Crippen molar-refractivity contribution in [3.05, 3.63) is 35.1 Å². The van der Waals surface area contributed by atoms with Crippen molar-refractivity contribution in [3.63, 3.8) is 0 Å². The molecule has 112 valence electrons. The smallest absolute Gasteiger partial charge is 0.108 e. The molecule has 1 aliphatic heterocycles. The summed E-state index contributed by atoms with van der Waals surface area (Å²) in [5.41, 5.74) is 5.52. The largest absolute Gasteiger partial charge is 0.304 e. The summed E-state index contributed by atoms with van der Waals surface area (Å²) in [7, 11) is 2.17. The molecule has 1 aliphatic rings. The van der Waals surface area contributed by atoms with Crippen molar-refractivity contribution in [1.29, 1.82) is 0 Å². The van der Waals surface area contributed by atoms with Crippen LogP contribution in [-0.4, -0.2) is 53.1 Å². The van der Waals surface area contributed by atoms with Gasteiger partial charge in [0.25, 0.3) is 0 Å². The molecule has 5 nitrogen and oxygen atoms in total. The van der Waals surface area contributed by atoms with Crippen molar-refractivity contribution in [2.75, 3.05) is 33.2 Å². The Morgan fingerprint density at radius 2 is 2.05 bits per heavy atom. The highest BCUT2D eigenvalue weighted by atomic mass is 32.1. The Morgan fingerprint density at radius 1 is 1.24 bits per heavy atom. The molecular weight excluding hydrogens is 282 g/mol. The second-order valence-electron chi connectivity index (χ2n) is 5.41. The zero-order chi connectivity index (χ0) is 14.7. The fourth-order valence-corrected chi connectivity index (χ4v) is 3.15. The van der Waals surface area contributed by atoms with E-state index in [-0.39, 0.29) is 0 Å². The summed E-state index contributed by atoms with van der Waals surface area (Å²) in [6.45, 7) is 7.16. The van der Waals surface area contributed by atoms with Crippen LogP contribution in [0.1, 0.15) is 10.7 Å². The highest BCUT2D eigenvalue weighted by Gasteiger charge is 2.13. The zero-order valence-electron chi connectivity index (χ0n) is 12.5. The first kappa shape index (κ1) is 14.6. The Morgan fingerprint density at radius 3 is 2.81 bits per heavy atom. The van der Waals surface area contributed by atoms with Crippen LogP contribution in [0.15, 0.2) is 24.4 Å². The molecule has 0 aromatic carbocycles. The van der Waals surface area contributed by atoms with Crippen LogP contribution in [0.25, 0.3) is 10.6 Å². The third-order valence-corrected chi connectivity index (χ3v) is 4.67. The predicted molar refractivity (Wildman–Crippen MR) is 86.0 cm³/mol. The second kappa shape index (κ2) is 6.62. The molecule has 0 bridgehead atoms. The lowest BCUT2D eigenvalue weighted by molar-refractivity contribution is 0.102. The van der Waals surface area contributed by atoms with E-state index >= 15 is 0 Å². The van der Waals surface area contributed by atoms with Gasteiger partial charge in [-0.1, -0.05) is 6.07 Å². The van der Waals surface area contributed by atoms with Crippen LogP contribution in [-0.2, 0) is 6.54 Å². The fourth-order valence-electron chi connectivity index (χ4n) is 2.33. The number of hydrazine groups is 1. The van der Waals surface area contributed by atoms with Crippen LogP contribution in [0.2, 0.25) is 0 Å². The molecule has 1 fully saturated rings. The van der Waals surface area contributed by atoms with E-state index in [1.165, 1.54) is 0 Å². The average molecular weight is 303 g/mol. The SMILES string of the molecule is Cc1cccc(-c2cnc(CNN3CCN(C)CC3)s2)n1. The van der Waals surface area contributed by atoms with Gasteiger partial charge in [0, 0.05) is 38.1 Å². The molecule has 0 atom stereocenters. The van der Waals surface area contributed by atoms with E-state index in [4.69, 9.17) is 0 Å². The van der Waals surface area contributed by atoms with Crippen LogP contribution in [0.3, 0.4) is 0 Å². The van der Waals surface area contributed by atoms with Gasteiger partial charge in [0.15, 0.2) is 0 Å². The number of hydrogen-bond acceptors (Lipinski definition) is 6. The summed E-state index contributed by atoms with van der Waals surface area (Å²) in [4.78, 5) is 12.5. The van der Waals surface area contributed by atoms with Crippen molar-refractivity contribution in [1.82, 2.24) is 25.3 Å². The van der Waals surface area contributed by atoms with Gasteiger partial charge in [0.2, 0.25) is 0 Å². The number of likely N-dealkylation sites (N-methyl/N-ethyl adjacent to an activating group) is 1. The molecule has 2 aromatic heterocycles. The van der Waals surface area contributed by atoms with Crippen molar-refractivity contribution in [2.45, 2.75) is 13.5 Å². The Labute approximate surface area is 129 Å². The maximum atomic E-state index is 4.55. The van der Waals surface area contributed by atoms with Gasteiger partial charge in [-0.05, 0) is 26.1 Å². The summed E-state index contributed by atoms with van der Waals surface area (Å²) < 4.78 is 0. The monoisotopic (exact) mass is 303 g/mol. The van der Waals surface area contributed by atoms with Crippen molar-refractivity contribution in [2.24, 2.45) is 0 Å². The minimum absolute atomic E-state index is 0.792. The van der Waals surface area contributed by atoms with Gasteiger partial charge >= 0.3 is 0 Å². The van der Waals surface area contributed by atoms with Crippen molar-refractivity contribution < 1.29 is 0 Å². The number of pyridine rings is 1. The lowest BCUT2D eigenvalue weighted by atomic mass is 10.3. The van der Waals surface area contributed by atoms with E-state index < -0.39 is 0 Å². The van der Waals surface area contributed by atoms with Crippen LogP contribution < -0.4 is 5.43 Å². The normalized spacial score (nSPS) is 17.2. The molecule has 0 radical (unpaired) electrons. The molecule has 1 saturated heterocycles. The van der Waals surface area contributed by atoms with Crippen LogP contribution in [0.4, 0.5) is 0 Å². The lowest BCUT2D eigenvalue weighted by Crippen LogP contribution is -2.50. The molecule has 1 N–H and O–H groups in total. The maximum Gasteiger partial charge on any atom is 0.108 e. The summed E-state index contributed by atoms with van der Waals surface area (Å²) in [5.74, 6) is 0. The number of aromatic nitrogens is 2. The molecule has 3 rings (SSSR count). The van der Waals surface area contributed by atoms with Gasteiger partial charge in [-0.2, -0.15) is 0 Å². The zero-order valence-corrected chi connectivity index (χ0v) is 13.4. The fraction of sp³-hybridized carbons (Fsp3) is 0.467. The molecule has 0 aliphatic carbocycles. The Kier molecular flexibility index (Phi) is 4.60. The lowest BCUT2D eigenvalue weighted by Gasteiger charge is -2.32. The van der Waals surface area contributed by atoms with E-state index in [9.17, 15) is 0 Å². The molecule has 0 saturated carbocycles. The number of nitrogens with one attached hydrogen (secondary N) is 1. The molecule has 2 aromatic rings. The summed E-state index contributed by atoms with van der Waals surface area (Å²) in [5, 5.41) is 3.39. The standard InChI is InChI=1S/C15H21N5S/c1-12-4-3-5-13(18-12)14-10-16-15(21-14)11-17-20-8-6-19(2)7-9-20/h3-5,10,17H,6-9,11H2,1-2H3. The molecule has 0 unspecified atom stereocenters. The van der Waals surface area contributed by atoms with E-state index in [2.05, 4.69) is 32.4 Å². The number of piperazine rings is 1. The maximum absolute atomic E-state index is 4.55. The van der Waals surface area contributed by atoms with Gasteiger partial charge in [0.1, 0.15) is 5.01 Å². The summed E-state index contributed by atoms with van der Waals surface area (Å²) >= 11 is 1.71. The van der Waals surface area contributed by atoms with E-state index in [0.717, 1.165) is 54.0 Å². The number of rotatable bonds is 4. The third-order valence-electron chi connectivity index (χ3n) is 3.65. The van der Waals surface area contributed by atoms with Gasteiger partial charge in [-0.3, -0.25) is 4.98 Å². The van der Waals surface area contributed by atoms with Crippen molar-refractivity contribution >= 4 is 11.3 Å². The Bertz CT molecular complexity index is 589. The van der Waals surface area contributed by atoms with E-state index in [0.29, 0.717) is 0 Å². The van der Waals surface area contributed by atoms with Crippen LogP contribution >= 0.6 is 11.3 Å². The number of nitrogens with zero attached hydrogens (tertiary/aromatic N) is 4. The van der Waals surface area contributed by atoms with Gasteiger partial charge < -0.3 is 4.90 Å². The molecular formula is C15H21N5S. The molecule has 0 amide bonds. The first-order chi connectivity index (χ1) is 10.2. The average Bonchev–Trinajstić information content (AvgIpc) is 2.96.